The Morgan fingerprint density at radius 2 is 1.51 bits per heavy atom. The number of carbonyl (C=O) groups is 2. The molecule has 2 N–H and O–H groups in total. The lowest BCUT2D eigenvalue weighted by Crippen LogP contribution is -2.19. The van der Waals surface area contributed by atoms with Gasteiger partial charge in [-0.25, -0.2) is 4.98 Å². The largest absolute Gasteiger partial charge is 0.497 e. The van der Waals surface area contributed by atoms with Gasteiger partial charge in [0.1, 0.15) is 11.0 Å². The smallest absolute Gasteiger partial charge is 0.255 e. The van der Waals surface area contributed by atoms with Crippen molar-refractivity contribution >= 4 is 56.5 Å². The zero-order valence-corrected chi connectivity index (χ0v) is 24.8. The van der Waals surface area contributed by atoms with Crippen LogP contribution in [0.5, 0.6) is 5.75 Å². The van der Waals surface area contributed by atoms with Crippen LogP contribution in [-0.2, 0) is 4.79 Å². The number of rotatable bonds is 9. The number of aromatic nitrogens is 1. The molecule has 5 aromatic carbocycles. The van der Waals surface area contributed by atoms with Gasteiger partial charge in [0.25, 0.3) is 5.91 Å². The van der Waals surface area contributed by atoms with E-state index >= 15 is 0 Å². The quantitative estimate of drug-likeness (QED) is 0.162. The number of anilines is 2. The predicted molar refractivity (Wildman–Crippen MR) is 176 cm³/mol. The molecular weight excluding hydrogens is 575 g/mol. The van der Waals surface area contributed by atoms with Gasteiger partial charge in [-0.2, -0.15) is 0 Å². The van der Waals surface area contributed by atoms with Gasteiger partial charge in [0.05, 0.1) is 12.8 Å². The van der Waals surface area contributed by atoms with E-state index in [1.54, 1.807) is 31.4 Å². The number of hydrogen-bond donors (Lipinski definition) is 2. The molecule has 6 nitrogen and oxygen atoms in total. The van der Waals surface area contributed by atoms with Crippen LogP contribution in [0.4, 0.5) is 10.8 Å². The number of carbonyl (C=O) groups excluding carboxylic acids is 2. The van der Waals surface area contributed by atoms with Crippen molar-refractivity contribution in [3.63, 3.8) is 0 Å². The van der Waals surface area contributed by atoms with E-state index in [0.29, 0.717) is 22.1 Å². The number of benzene rings is 5. The summed E-state index contributed by atoms with van der Waals surface area (Å²) in [7, 11) is 1.59. The molecular formula is C35H27N3O3S2. The third-order valence-corrected chi connectivity index (χ3v) is 8.86. The standard InChI is InChI=1S/C35H27N3O3S2/c1-41-29-17-13-25(14-18-29)33(39)36-28-15-19-30(20-16-28)43-32(24-8-3-2-4-9-24)34(40)38-35-37-31(22-42-35)27-12-11-23-7-5-6-10-26(23)21-27/h2-22,32H,1H3,(H,36,39)(H,37,38,40). The van der Waals surface area contributed by atoms with Gasteiger partial charge < -0.3 is 15.4 Å². The molecule has 0 saturated carbocycles. The van der Waals surface area contributed by atoms with E-state index in [9.17, 15) is 9.59 Å². The number of thioether (sulfide) groups is 1. The van der Waals surface area contributed by atoms with Crippen molar-refractivity contribution in [2.24, 2.45) is 0 Å². The molecule has 0 aliphatic heterocycles. The van der Waals surface area contributed by atoms with Crippen LogP contribution in [0.2, 0.25) is 0 Å². The highest BCUT2D eigenvalue weighted by atomic mass is 32.2. The van der Waals surface area contributed by atoms with E-state index in [1.807, 2.05) is 72.1 Å². The third-order valence-electron chi connectivity index (χ3n) is 6.84. The van der Waals surface area contributed by atoms with Crippen molar-refractivity contribution in [1.82, 2.24) is 4.98 Å². The van der Waals surface area contributed by atoms with Crippen LogP contribution in [0.3, 0.4) is 0 Å². The normalized spacial score (nSPS) is 11.6. The van der Waals surface area contributed by atoms with Crippen LogP contribution in [0.15, 0.2) is 132 Å². The molecule has 8 heteroatoms. The Balaban J connectivity index is 1.15. The number of hydrogen-bond acceptors (Lipinski definition) is 6. The minimum Gasteiger partial charge on any atom is -0.497 e. The summed E-state index contributed by atoms with van der Waals surface area (Å²) in [5.74, 6) is 0.318. The maximum Gasteiger partial charge on any atom is 0.255 e. The molecule has 0 aliphatic carbocycles. The minimum absolute atomic E-state index is 0.160. The molecule has 0 bridgehead atoms. The summed E-state index contributed by atoms with van der Waals surface area (Å²) >= 11 is 2.85. The summed E-state index contributed by atoms with van der Waals surface area (Å²) in [5.41, 5.74) is 3.90. The van der Waals surface area contributed by atoms with Crippen LogP contribution in [0, 0.1) is 0 Å². The second kappa shape index (κ2) is 12.9. The highest BCUT2D eigenvalue weighted by Crippen LogP contribution is 2.37. The van der Waals surface area contributed by atoms with E-state index in [2.05, 4.69) is 41.0 Å². The van der Waals surface area contributed by atoms with E-state index in [0.717, 1.165) is 27.1 Å². The summed E-state index contributed by atoms with van der Waals surface area (Å²) in [4.78, 5) is 31.9. The lowest BCUT2D eigenvalue weighted by Gasteiger charge is -2.16. The molecule has 0 fully saturated rings. The summed E-state index contributed by atoms with van der Waals surface area (Å²) in [6, 6.07) is 38.5. The molecule has 6 rings (SSSR count). The molecule has 2 amide bonds. The van der Waals surface area contributed by atoms with Gasteiger partial charge in [-0.1, -0.05) is 66.7 Å². The number of fused-ring (bicyclic) bond motifs is 1. The Labute approximate surface area is 257 Å². The molecule has 1 atom stereocenters. The van der Waals surface area contributed by atoms with Gasteiger partial charge in [-0.05, 0) is 70.9 Å². The predicted octanol–water partition coefficient (Wildman–Crippen LogP) is 8.70. The number of methoxy groups -OCH3 is 1. The fourth-order valence-electron chi connectivity index (χ4n) is 4.58. The number of ether oxygens (including phenoxy) is 1. The highest BCUT2D eigenvalue weighted by molar-refractivity contribution is 8.00. The molecule has 43 heavy (non-hydrogen) atoms. The number of amides is 2. The lowest BCUT2D eigenvalue weighted by atomic mass is 10.1. The van der Waals surface area contributed by atoms with Gasteiger partial charge in [0, 0.05) is 27.1 Å². The molecule has 212 valence electrons. The van der Waals surface area contributed by atoms with Crippen molar-refractivity contribution in [1.29, 1.82) is 0 Å². The highest BCUT2D eigenvalue weighted by Gasteiger charge is 2.23. The molecule has 0 aliphatic rings. The first kappa shape index (κ1) is 28.2. The van der Waals surface area contributed by atoms with Crippen molar-refractivity contribution < 1.29 is 14.3 Å². The van der Waals surface area contributed by atoms with Crippen molar-refractivity contribution in [2.75, 3.05) is 17.7 Å². The van der Waals surface area contributed by atoms with Gasteiger partial charge in [-0.3, -0.25) is 9.59 Å². The van der Waals surface area contributed by atoms with Gasteiger partial charge in [0.2, 0.25) is 5.91 Å². The van der Waals surface area contributed by atoms with E-state index in [1.165, 1.54) is 28.5 Å². The third kappa shape index (κ3) is 6.77. The number of nitrogens with zero attached hydrogens (tertiary/aromatic N) is 1. The zero-order valence-electron chi connectivity index (χ0n) is 23.2. The average molecular weight is 602 g/mol. The zero-order chi connectivity index (χ0) is 29.6. The Morgan fingerprint density at radius 3 is 2.26 bits per heavy atom. The lowest BCUT2D eigenvalue weighted by molar-refractivity contribution is -0.115. The maximum atomic E-state index is 13.6. The Morgan fingerprint density at radius 1 is 0.791 bits per heavy atom. The molecule has 0 radical (unpaired) electrons. The topological polar surface area (TPSA) is 80.3 Å². The van der Waals surface area contributed by atoms with E-state index in [-0.39, 0.29) is 11.8 Å². The SMILES string of the molecule is COc1ccc(C(=O)Nc2ccc(SC(C(=O)Nc3nc(-c4ccc5ccccc5c4)cs3)c3ccccc3)cc2)cc1. The second-order valence-electron chi connectivity index (χ2n) is 9.70. The van der Waals surface area contributed by atoms with Crippen molar-refractivity contribution in [3.8, 4) is 17.0 Å². The minimum atomic E-state index is -0.506. The molecule has 0 saturated heterocycles. The van der Waals surface area contributed by atoms with Crippen LogP contribution in [-0.4, -0.2) is 23.9 Å². The average Bonchev–Trinajstić information content (AvgIpc) is 3.53. The number of nitrogens with one attached hydrogen (secondary N) is 2. The van der Waals surface area contributed by atoms with Crippen LogP contribution in [0.25, 0.3) is 22.0 Å². The summed E-state index contributed by atoms with van der Waals surface area (Å²) in [6.07, 6.45) is 0. The maximum absolute atomic E-state index is 13.6. The van der Waals surface area contributed by atoms with E-state index in [4.69, 9.17) is 9.72 Å². The molecule has 1 heterocycles. The van der Waals surface area contributed by atoms with Crippen LogP contribution >= 0.6 is 23.1 Å². The van der Waals surface area contributed by atoms with Gasteiger partial charge >= 0.3 is 0 Å². The Kier molecular flexibility index (Phi) is 8.49. The Hall–Kier alpha value is -4.92. The van der Waals surface area contributed by atoms with Gasteiger partial charge in [-0.15, -0.1) is 23.1 Å². The molecule has 0 spiro atoms. The summed E-state index contributed by atoms with van der Waals surface area (Å²) in [5, 5.41) is 10.3. The van der Waals surface area contributed by atoms with Crippen LogP contribution < -0.4 is 15.4 Å². The molecule has 1 aromatic heterocycles. The monoisotopic (exact) mass is 601 g/mol. The van der Waals surface area contributed by atoms with Gasteiger partial charge in [0.15, 0.2) is 5.13 Å². The fourth-order valence-corrected chi connectivity index (χ4v) is 6.33. The van der Waals surface area contributed by atoms with E-state index < -0.39 is 5.25 Å². The second-order valence-corrected chi connectivity index (χ2v) is 11.7. The fraction of sp³-hybridized carbons (Fsp3) is 0.0571. The first-order valence-corrected chi connectivity index (χ1v) is 15.3. The summed E-state index contributed by atoms with van der Waals surface area (Å²) in [6.45, 7) is 0. The van der Waals surface area contributed by atoms with Crippen LogP contribution in [0.1, 0.15) is 21.2 Å². The molecule has 6 aromatic rings. The first-order valence-electron chi connectivity index (χ1n) is 13.6. The molecule has 1 unspecified atom stereocenters. The van der Waals surface area contributed by atoms with Crippen molar-refractivity contribution in [2.45, 2.75) is 10.1 Å². The number of thiazole rings is 1. The first-order chi connectivity index (χ1) is 21.1. The Bertz CT molecular complexity index is 1870. The van der Waals surface area contributed by atoms with Crippen molar-refractivity contribution in [3.05, 3.63) is 138 Å². The summed E-state index contributed by atoms with van der Waals surface area (Å²) < 4.78 is 5.16.